The van der Waals surface area contributed by atoms with Crippen LogP contribution in [0.3, 0.4) is 0 Å². The lowest BCUT2D eigenvalue weighted by atomic mass is 9.91. The van der Waals surface area contributed by atoms with E-state index >= 15 is 0 Å². The van der Waals surface area contributed by atoms with E-state index in [0.29, 0.717) is 30.5 Å². The van der Waals surface area contributed by atoms with Crippen molar-refractivity contribution in [1.29, 1.82) is 0 Å². The first-order chi connectivity index (χ1) is 9.16. The van der Waals surface area contributed by atoms with Gasteiger partial charge >= 0.3 is 5.97 Å². The van der Waals surface area contributed by atoms with Crippen LogP contribution in [0.4, 0.5) is 0 Å². The van der Waals surface area contributed by atoms with E-state index in [1.807, 2.05) is 12.1 Å². The van der Waals surface area contributed by atoms with E-state index in [0.717, 1.165) is 18.4 Å². The molecule has 5 nitrogen and oxygen atoms in total. The van der Waals surface area contributed by atoms with E-state index < -0.39 is 5.97 Å². The minimum atomic E-state index is -0.783. The summed E-state index contributed by atoms with van der Waals surface area (Å²) in [7, 11) is 1.58. The van der Waals surface area contributed by atoms with E-state index in [-0.39, 0.29) is 11.8 Å². The first-order valence-electron chi connectivity index (χ1n) is 6.35. The molecule has 0 amide bonds. The highest BCUT2D eigenvalue weighted by Crippen LogP contribution is 2.57. The van der Waals surface area contributed by atoms with Crippen molar-refractivity contribution in [2.24, 2.45) is 0 Å². The highest BCUT2D eigenvalue weighted by Gasteiger charge is 2.48. The third-order valence-electron chi connectivity index (χ3n) is 3.78. The number of hydrogen-bond donors (Lipinski definition) is 1. The summed E-state index contributed by atoms with van der Waals surface area (Å²) in [4.78, 5) is 11.0. The number of aliphatic carboxylic acids is 1. The summed E-state index contributed by atoms with van der Waals surface area (Å²) in [5.41, 5.74) is 0.620. The van der Waals surface area contributed by atoms with Crippen LogP contribution < -0.4 is 14.2 Å². The van der Waals surface area contributed by atoms with Crippen LogP contribution >= 0.6 is 0 Å². The van der Waals surface area contributed by atoms with Crippen molar-refractivity contribution in [2.75, 3.05) is 20.3 Å². The Balaban J connectivity index is 2.04. The molecule has 0 unspecified atom stereocenters. The van der Waals surface area contributed by atoms with Gasteiger partial charge in [-0.05, 0) is 18.9 Å². The Morgan fingerprint density at radius 3 is 2.74 bits per heavy atom. The van der Waals surface area contributed by atoms with Crippen molar-refractivity contribution in [3.05, 3.63) is 17.7 Å². The maximum Gasteiger partial charge on any atom is 0.304 e. The number of hydrogen-bond acceptors (Lipinski definition) is 4. The fourth-order valence-electron chi connectivity index (χ4n) is 2.69. The maximum atomic E-state index is 11.0. The molecule has 102 valence electrons. The smallest absolute Gasteiger partial charge is 0.304 e. The first kappa shape index (κ1) is 12.1. The molecule has 1 aliphatic carbocycles. The maximum absolute atomic E-state index is 11.0. The number of methoxy groups -OCH3 is 1. The molecule has 0 spiro atoms. The topological polar surface area (TPSA) is 65.0 Å². The third kappa shape index (κ3) is 1.99. The summed E-state index contributed by atoms with van der Waals surface area (Å²) in [6.45, 7) is 1.01. The second-order valence-electron chi connectivity index (χ2n) is 5.02. The van der Waals surface area contributed by atoms with Gasteiger partial charge in [-0.3, -0.25) is 4.79 Å². The van der Waals surface area contributed by atoms with E-state index in [9.17, 15) is 4.79 Å². The second kappa shape index (κ2) is 4.33. The monoisotopic (exact) mass is 264 g/mol. The molecule has 1 aromatic carbocycles. The van der Waals surface area contributed by atoms with Gasteiger partial charge in [-0.1, -0.05) is 6.07 Å². The van der Waals surface area contributed by atoms with Crippen molar-refractivity contribution in [1.82, 2.24) is 0 Å². The molecule has 0 radical (unpaired) electrons. The molecule has 1 fully saturated rings. The van der Waals surface area contributed by atoms with Crippen LogP contribution in [0, 0.1) is 0 Å². The summed E-state index contributed by atoms with van der Waals surface area (Å²) in [5.74, 6) is 1.10. The second-order valence-corrected chi connectivity index (χ2v) is 5.02. The standard InChI is InChI=1S/C14H16O5/c1-17-12-9(14(4-5-14)8-11(15)16)2-3-10-13(12)19-7-6-18-10/h2-3H,4-8H2,1H3,(H,15,16). The van der Waals surface area contributed by atoms with Gasteiger partial charge in [0, 0.05) is 11.0 Å². The lowest BCUT2D eigenvalue weighted by Gasteiger charge is -2.24. The van der Waals surface area contributed by atoms with Crippen molar-refractivity contribution >= 4 is 5.97 Å². The number of benzene rings is 1. The summed E-state index contributed by atoms with van der Waals surface area (Å²) in [6.07, 6.45) is 1.87. The minimum absolute atomic E-state index is 0.128. The molecular weight excluding hydrogens is 248 g/mol. The van der Waals surface area contributed by atoms with Gasteiger partial charge < -0.3 is 19.3 Å². The zero-order valence-electron chi connectivity index (χ0n) is 10.8. The van der Waals surface area contributed by atoms with E-state index in [1.165, 1.54) is 0 Å². The number of rotatable bonds is 4. The molecule has 0 bridgehead atoms. The fourth-order valence-corrected chi connectivity index (χ4v) is 2.69. The predicted octanol–water partition coefficient (Wildman–Crippen LogP) is 1.97. The first-order valence-corrected chi connectivity index (χ1v) is 6.35. The van der Waals surface area contributed by atoms with Crippen LogP contribution in [0.1, 0.15) is 24.8 Å². The summed E-state index contributed by atoms with van der Waals surface area (Å²) < 4.78 is 16.6. The van der Waals surface area contributed by atoms with Crippen molar-refractivity contribution in [2.45, 2.75) is 24.7 Å². The molecule has 1 heterocycles. The Bertz CT molecular complexity index is 519. The Hall–Kier alpha value is -1.91. The Kier molecular flexibility index (Phi) is 2.77. The highest BCUT2D eigenvalue weighted by molar-refractivity contribution is 5.71. The Labute approximate surface area is 111 Å². The van der Waals surface area contributed by atoms with Gasteiger partial charge in [-0.15, -0.1) is 0 Å². The van der Waals surface area contributed by atoms with Gasteiger partial charge in [0.25, 0.3) is 0 Å². The van der Waals surface area contributed by atoms with E-state index in [1.54, 1.807) is 7.11 Å². The lowest BCUT2D eigenvalue weighted by Crippen LogP contribution is -2.19. The molecule has 1 saturated carbocycles. The van der Waals surface area contributed by atoms with Gasteiger partial charge in [-0.2, -0.15) is 0 Å². The molecular formula is C14H16O5. The van der Waals surface area contributed by atoms with Crippen molar-refractivity contribution in [3.8, 4) is 17.2 Å². The van der Waals surface area contributed by atoms with Crippen molar-refractivity contribution < 1.29 is 24.1 Å². The lowest BCUT2D eigenvalue weighted by molar-refractivity contribution is -0.137. The number of carboxylic acid groups (broad SMARTS) is 1. The molecule has 5 heteroatoms. The number of carbonyl (C=O) groups is 1. The number of ether oxygens (including phenoxy) is 3. The average molecular weight is 264 g/mol. The number of carboxylic acids is 1. The van der Waals surface area contributed by atoms with Crippen LogP contribution in [-0.4, -0.2) is 31.4 Å². The van der Waals surface area contributed by atoms with Gasteiger partial charge in [0.05, 0.1) is 13.5 Å². The van der Waals surface area contributed by atoms with E-state index in [2.05, 4.69) is 0 Å². The fraction of sp³-hybridized carbons (Fsp3) is 0.500. The normalized spacial score (nSPS) is 18.8. The SMILES string of the molecule is COc1c(C2(CC(=O)O)CC2)ccc2c1OCCO2. The largest absolute Gasteiger partial charge is 0.492 e. The van der Waals surface area contributed by atoms with Gasteiger partial charge in [0.15, 0.2) is 11.5 Å². The molecule has 2 aliphatic rings. The molecule has 1 aliphatic heterocycles. The number of fused-ring (bicyclic) bond motifs is 1. The zero-order valence-corrected chi connectivity index (χ0v) is 10.8. The minimum Gasteiger partial charge on any atom is -0.492 e. The Morgan fingerprint density at radius 1 is 1.37 bits per heavy atom. The predicted molar refractivity (Wildman–Crippen MR) is 67.1 cm³/mol. The van der Waals surface area contributed by atoms with Gasteiger partial charge in [-0.25, -0.2) is 0 Å². The van der Waals surface area contributed by atoms with Crippen molar-refractivity contribution in [3.63, 3.8) is 0 Å². The highest BCUT2D eigenvalue weighted by atomic mass is 16.6. The average Bonchev–Trinajstić information content (AvgIpc) is 3.17. The third-order valence-corrected chi connectivity index (χ3v) is 3.78. The van der Waals surface area contributed by atoms with Crippen LogP contribution in [0.25, 0.3) is 0 Å². The quantitative estimate of drug-likeness (QED) is 0.900. The van der Waals surface area contributed by atoms with E-state index in [4.69, 9.17) is 19.3 Å². The van der Waals surface area contributed by atoms with Crippen LogP contribution in [0.5, 0.6) is 17.2 Å². The summed E-state index contributed by atoms with van der Waals surface area (Å²) >= 11 is 0. The molecule has 1 N–H and O–H groups in total. The molecule has 0 atom stereocenters. The van der Waals surface area contributed by atoms with Gasteiger partial charge in [0.2, 0.25) is 5.75 Å². The Morgan fingerprint density at radius 2 is 2.11 bits per heavy atom. The van der Waals surface area contributed by atoms with Gasteiger partial charge in [0.1, 0.15) is 13.2 Å². The molecule has 3 rings (SSSR count). The molecule has 1 aromatic rings. The summed E-state index contributed by atoms with van der Waals surface area (Å²) in [6, 6.07) is 3.75. The zero-order chi connectivity index (χ0) is 13.5. The molecule has 0 aromatic heterocycles. The van der Waals surface area contributed by atoms with Crippen LogP contribution in [0.2, 0.25) is 0 Å². The molecule has 0 saturated heterocycles. The summed E-state index contributed by atoms with van der Waals surface area (Å²) in [5, 5.41) is 9.06. The molecule has 19 heavy (non-hydrogen) atoms. The van der Waals surface area contributed by atoms with Crippen LogP contribution in [0.15, 0.2) is 12.1 Å². The van der Waals surface area contributed by atoms with Crippen LogP contribution in [-0.2, 0) is 10.2 Å².